The molecule has 15 heavy (non-hydrogen) atoms. The van der Waals surface area contributed by atoms with Gasteiger partial charge in [-0.05, 0) is 25.7 Å². The molecule has 0 radical (unpaired) electrons. The van der Waals surface area contributed by atoms with Crippen LogP contribution in [-0.4, -0.2) is 11.3 Å². The Kier molecular flexibility index (Phi) is 4.49. The van der Waals surface area contributed by atoms with E-state index in [1.807, 2.05) is 0 Å². The van der Waals surface area contributed by atoms with E-state index in [0.717, 1.165) is 51.4 Å². The molecule has 2 aliphatic carbocycles. The summed E-state index contributed by atoms with van der Waals surface area (Å²) in [5, 5.41) is 0. The van der Waals surface area contributed by atoms with Crippen molar-refractivity contribution in [3.63, 3.8) is 0 Å². The van der Waals surface area contributed by atoms with E-state index in [2.05, 4.69) is 0 Å². The minimum absolute atomic E-state index is 0.227. The average molecular weight is 250 g/mol. The van der Waals surface area contributed by atoms with Crippen molar-refractivity contribution in [3.8, 4) is 0 Å². The van der Waals surface area contributed by atoms with E-state index in [1.54, 1.807) is 0 Å². The largest absolute Gasteiger partial charge is 0.296 e. The van der Waals surface area contributed by atoms with Crippen LogP contribution in [0.3, 0.4) is 0 Å². The van der Waals surface area contributed by atoms with Crippen LogP contribution >= 0.6 is 16.1 Å². The molecule has 2 aliphatic rings. The molecule has 5 heteroatoms. The molecule has 0 aromatic carbocycles. The van der Waals surface area contributed by atoms with E-state index in [4.69, 9.17) is 4.31 Å². The molecule has 3 nitrogen and oxygen atoms in total. The van der Waals surface area contributed by atoms with E-state index in [1.165, 1.54) is 0 Å². The molecule has 0 amide bonds. The second kappa shape index (κ2) is 5.66. The molecule has 0 N–H and O–H groups in total. The van der Waals surface area contributed by atoms with E-state index in [9.17, 15) is 9.13 Å². The van der Waals surface area contributed by atoms with Crippen molar-refractivity contribution < 1.29 is 13.4 Å². The first-order valence-electron chi connectivity index (χ1n) is 6.03. The third-order valence-electron chi connectivity index (χ3n) is 3.58. The van der Waals surface area contributed by atoms with Crippen LogP contribution in [0.1, 0.15) is 51.4 Å². The SMILES string of the molecule is O=[PH](O[PH](=O)C1CCCC1)C1CCCC1. The molecule has 0 aromatic rings. The molecule has 0 aromatic heterocycles. The minimum Gasteiger partial charge on any atom is -0.296 e. The summed E-state index contributed by atoms with van der Waals surface area (Å²) in [5.41, 5.74) is 0.454. The Balaban J connectivity index is 1.79. The summed E-state index contributed by atoms with van der Waals surface area (Å²) in [6, 6.07) is 0. The predicted octanol–water partition coefficient (Wildman–Crippen LogP) is 3.84. The Morgan fingerprint density at radius 2 is 1.07 bits per heavy atom. The van der Waals surface area contributed by atoms with Crippen LogP contribution < -0.4 is 0 Å². The molecule has 0 bridgehead atoms. The average Bonchev–Trinajstić information content (AvgIpc) is 2.91. The van der Waals surface area contributed by atoms with Gasteiger partial charge in [-0.3, -0.25) is 13.4 Å². The summed E-state index contributed by atoms with van der Waals surface area (Å²) < 4.78 is 28.9. The van der Waals surface area contributed by atoms with Crippen LogP contribution in [0, 0.1) is 0 Å². The first-order chi connectivity index (χ1) is 7.27. The topological polar surface area (TPSA) is 43.4 Å². The van der Waals surface area contributed by atoms with Crippen molar-refractivity contribution in [2.45, 2.75) is 62.7 Å². The summed E-state index contributed by atoms with van der Waals surface area (Å²) >= 11 is 0. The van der Waals surface area contributed by atoms with Gasteiger partial charge in [0.25, 0.3) is 0 Å². The molecule has 0 spiro atoms. The lowest BCUT2D eigenvalue weighted by atomic mass is 10.4. The summed E-state index contributed by atoms with van der Waals surface area (Å²) in [6.07, 6.45) is 8.69. The van der Waals surface area contributed by atoms with Crippen molar-refractivity contribution in [3.05, 3.63) is 0 Å². The number of hydrogen-bond acceptors (Lipinski definition) is 3. The van der Waals surface area contributed by atoms with E-state index >= 15 is 0 Å². The third-order valence-corrected chi connectivity index (χ3v) is 7.68. The lowest BCUT2D eigenvalue weighted by Gasteiger charge is -2.13. The second-order valence-corrected chi connectivity index (χ2v) is 8.43. The van der Waals surface area contributed by atoms with Gasteiger partial charge in [0, 0.05) is 11.3 Å². The van der Waals surface area contributed by atoms with Gasteiger partial charge in [0.15, 0.2) is 16.1 Å². The van der Waals surface area contributed by atoms with Crippen LogP contribution in [-0.2, 0) is 13.4 Å². The maximum atomic E-state index is 11.8. The van der Waals surface area contributed by atoms with Gasteiger partial charge in [-0.25, -0.2) is 0 Å². The van der Waals surface area contributed by atoms with Gasteiger partial charge < -0.3 is 0 Å². The fraction of sp³-hybridized carbons (Fsp3) is 1.00. The standard InChI is InChI=1S/C10H20O3P2/c11-14(9-5-1-2-6-9)13-15(12)10-7-3-4-8-10/h9-10,14-15H,1-8H2. The zero-order valence-corrected chi connectivity index (χ0v) is 11.0. The summed E-state index contributed by atoms with van der Waals surface area (Å²) in [6.45, 7) is 0. The van der Waals surface area contributed by atoms with E-state index in [0.29, 0.717) is 0 Å². The van der Waals surface area contributed by atoms with E-state index < -0.39 is 16.1 Å². The zero-order chi connectivity index (χ0) is 10.7. The Hall–Kier alpha value is 0.420. The van der Waals surface area contributed by atoms with Crippen molar-refractivity contribution in [1.82, 2.24) is 0 Å². The predicted molar refractivity (Wildman–Crippen MR) is 63.6 cm³/mol. The van der Waals surface area contributed by atoms with Gasteiger partial charge in [-0.15, -0.1) is 0 Å². The molecule has 88 valence electrons. The monoisotopic (exact) mass is 250 g/mol. The molecule has 0 aliphatic heterocycles. The van der Waals surface area contributed by atoms with Gasteiger partial charge in [-0.2, -0.15) is 0 Å². The quantitative estimate of drug-likeness (QED) is 0.712. The third kappa shape index (κ3) is 3.19. The normalized spacial score (nSPS) is 28.3. The molecule has 0 heterocycles. The lowest BCUT2D eigenvalue weighted by Crippen LogP contribution is -1.97. The Morgan fingerprint density at radius 1 is 0.733 bits per heavy atom. The van der Waals surface area contributed by atoms with Crippen LogP contribution in [0.5, 0.6) is 0 Å². The van der Waals surface area contributed by atoms with Gasteiger partial charge in [-0.1, -0.05) is 25.7 Å². The Morgan fingerprint density at radius 3 is 1.40 bits per heavy atom. The first kappa shape index (κ1) is 11.9. The number of hydrogen-bond donors (Lipinski definition) is 0. The highest BCUT2D eigenvalue weighted by Crippen LogP contribution is 2.51. The van der Waals surface area contributed by atoms with E-state index in [-0.39, 0.29) is 11.3 Å². The van der Waals surface area contributed by atoms with Crippen LogP contribution in [0.25, 0.3) is 0 Å². The van der Waals surface area contributed by atoms with Crippen molar-refractivity contribution in [1.29, 1.82) is 0 Å². The van der Waals surface area contributed by atoms with Crippen LogP contribution in [0.15, 0.2) is 0 Å². The summed E-state index contributed by atoms with van der Waals surface area (Å²) in [7, 11) is -4.04. The molecular formula is C10H20O3P2. The van der Waals surface area contributed by atoms with Gasteiger partial charge in [0.05, 0.1) is 0 Å². The molecule has 2 rings (SSSR count). The maximum Gasteiger partial charge on any atom is 0.200 e. The minimum atomic E-state index is -2.02. The van der Waals surface area contributed by atoms with Gasteiger partial charge >= 0.3 is 0 Å². The van der Waals surface area contributed by atoms with Crippen molar-refractivity contribution in [2.24, 2.45) is 0 Å². The van der Waals surface area contributed by atoms with Crippen molar-refractivity contribution >= 4 is 16.1 Å². The smallest absolute Gasteiger partial charge is 0.200 e. The fourth-order valence-electron chi connectivity index (χ4n) is 2.59. The fourth-order valence-corrected chi connectivity index (χ4v) is 6.47. The highest BCUT2D eigenvalue weighted by Gasteiger charge is 2.27. The number of rotatable bonds is 4. The van der Waals surface area contributed by atoms with Gasteiger partial charge in [0.1, 0.15) is 0 Å². The first-order valence-corrected chi connectivity index (χ1v) is 8.81. The summed E-state index contributed by atoms with van der Waals surface area (Å²) in [5.74, 6) is 0. The Bertz CT molecular complexity index is 229. The highest BCUT2D eigenvalue weighted by molar-refractivity contribution is 7.53. The summed E-state index contributed by atoms with van der Waals surface area (Å²) in [4.78, 5) is 0. The Labute approximate surface area is 92.7 Å². The van der Waals surface area contributed by atoms with Crippen molar-refractivity contribution in [2.75, 3.05) is 0 Å². The molecule has 2 atom stereocenters. The molecule has 0 saturated heterocycles. The molecule has 2 unspecified atom stereocenters. The highest BCUT2D eigenvalue weighted by atomic mass is 31.2. The lowest BCUT2D eigenvalue weighted by molar-refractivity contribution is 0.470. The van der Waals surface area contributed by atoms with Gasteiger partial charge in [0.2, 0.25) is 0 Å². The zero-order valence-electron chi connectivity index (χ0n) is 9.04. The maximum absolute atomic E-state index is 11.8. The van der Waals surface area contributed by atoms with Crippen LogP contribution in [0.2, 0.25) is 0 Å². The molecule has 2 saturated carbocycles. The molecule has 2 fully saturated rings. The van der Waals surface area contributed by atoms with Crippen LogP contribution in [0.4, 0.5) is 0 Å². The molecular weight excluding hydrogens is 230 g/mol. The second-order valence-electron chi connectivity index (χ2n) is 4.70.